The number of phenols is 1. The van der Waals surface area contributed by atoms with Gasteiger partial charge in [0.05, 0.1) is 18.7 Å². The molecule has 5 heterocycles. The van der Waals surface area contributed by atoms with Crippen LogP contribution in [0.1, 0.15) is 67.7 Å². The average Bonchev–Trinajstić information content (AvgIpc) is 3.06. The molecule has 0 radical (unpaired) electrons. The minimum atomic E-state index is -0.504. The van der Waals surface area contributed by atoms with Crippen LogP contribution in [0.15, 0.2) is 61.3 Å². The van der Waals surface area contributed by atoms with Gasteiger partial charge in [0.15, 0.2) is 0 Å². The largest absolute Gasteiger partial charge is 0.508 e. The number of aliphatic hydroxyl groups excluding tert-OH is 1. The van der Waals surface area contributed by atoms with Crippen LogP contribution in [-0.2, 0) is 11.8 Å². The second-order valence-corrected chi connectivity index (χ2v) is 13.8. The molecule has 1 aromatic heterocycles. The molecule has 6 nitrogen and oxygen atoms in total. The van der Waals surface area contributed by atoms with Gasteiger partial charge in [0.1, 0.15) is 11.5 Å². The van der Waals surface area contributed by atoms with E-state index in [0.717, 1.165) is 53.7 Å². The third-order valence-electron chi connectivity index (χ3n) is 11.9. The highest BCUT2D eigenvalue weighted by molar-refractivity contribution is 5.84. The molecular formula is C37H47N3O3. The Bertz CT molecular complexity index is 1490. The molecule has 6 aliphatic rings. The van der Waals surface area contributed by atoms with Crippen LogP contribution < -0.4 is 4.74 Å². The Balaban J connectivity index is 0.000000143. The number of ether oxygens (including phenoxy) is 1. The van der Waals surface area contributed by atoms with E-state index in [9.17, 15) is 10.2 Å². The summed E-state index contributed by atoms with van der Waals surface area (Å²) in [4.78, 5) is 9.45. The first-order chi connectivity index (χ1) is 20.9. The summed E-state index contributed by atoms with van der Waals surface area (Å²) in [6.07, 6.45) is 13.5. The maximum atomic E-state index is 11.2. The van der Waals surface area contributed by atoms with E-state index in [0.29, 0.717) is 23.0 Å². The number of benzene rings is 2. The second kappa shape index (κ2) is 11.5. The Labute approximate surface area is 256 Å². The standard InChI is InChI=1S/C20H24N2O2.C17H23NO/c1-3-13-12-22-9-7-14(13)10-19(22)20(23)16-6-8-21-18-5-4-15(24-2)11-17(16)18;1-18-9-8-17-7-3-2-4-14(17)16(18)10-12-5-6-13(19)11-15(12)17/h3-6,8,11,13-14,19-20,23H,1,7,9-10,12H2,2H3;5-6,11,14,16,19H,2-4,7-10H2,1H3/t13-,14-,19+,20-;14-,16+,17+/m01/s1. The van der Waals surface area contributed by atoms with Crippen molar-refractivity contribution in [3.63, 3.8) is 0 Å². The number of likely N-dealkylation sites (N-methyl/N-ethyl adjacent to an activating group) is 1. The van der Waals surface area contributed by atoms with Gasteiger partial charge >= 0.3 is 0 Å². The number of piperidine rings is 4. The van der Waals surface area contributed by atoms with Crippen molar-refractivity contribution in [3.8, 4) is 11.5 Å². The van der Waals surface area contributed by atoms with Gasteiger partial charge in [-0.1, -0.05) is 25.0 Å². The van der Waals surface area contributed by atoms with E-state index in [1.807, 2.05) is 30.3 Å². The van der Waals surface area contributed by atoms with E-state index in [-0.39, 0.29) is 6.04 Å². The highest BCUT2D eigenvalue weighted by atomic mass is 16.5. The second-order valence-electron chi connectivity index (χ2n) is 13.8. The fraction of sp³-hybridized carbons (Fsp3) is 0.541. The minimum absolute atomic E-state index is 0.178. The van der Waals surface area contributed by atoms with Crippen LogP contribution in [0, 0.1) is 17.8 Å². The summed E-state index contributed by atoms with van der Waals surface area (Å²) >= 11 is 0. The normalized spacial score (nSPS) is 33.5. The van der Waals surface area contributed by atoms with Crippen LogP contribution in [0.25, 0.3) is 10.9 Å². The summed E-state index contributed by atoms with van der Waals surface area (Å²) in [5, 5.41) is 22.0. The van der Waals surface area contributed by atoms with Crippen LogP contribution in [0.5, 0.6) is 11.5 Å². The molecule has 8 atom stereocenters. The van der Waals surface area contributed by atoms with E-state index in [1.54, 1.807) is 13.3 Å². The molecule has 4 bridgehead atoms. The molecule has 4 saturated heterocycles. The Morgan fingerprint density at radius 1 is 1.09 bits per heavy atom. The summed E-state index contributed by atoms with van der Waals surface area (Å²) in [5.74, 6) is 3.27. The van der Waals surface area contributed by atoms with E-state index in [2.05, 4.69) is 46.6 Å². The van der Waals surface area contributed by atoms with Crippen molar-refractivity contribution in [2.45, 2.75) is 75.0 Å². The molecule has 1 saturated carbocycles. The number of phenolic OH excluding ortho intramolecular Hbond substituents is 1. The maximum Gasteiger partial charge on any atom is 0.119 e. The van der Waals surface area contributed by atoms with Crippen molar-refractivity contribution >= 4 is 10.9 Å². The van der Waals surface area contributed by atoms with Gasteiger partial charge in [0.25, 0.3) is 0 Å². The van der Waals surface area contributed by atoms with Crippen LogP contribution in [0.4, 0.5) is 0 Å². The van der Waals surface area contributed by atoms with Crippen molar-refractivity contribution in [2.75, 3.05) is 33.8 Å². The zero-order valence-corrected chi connectivity index (χ0v) is 25.8. The molecule has 1 unspecified atom stereocenters. The number of likely N-dealkylation sites (tertiary alicyclic amines) is 1. The molecule has 228 valence electrons. The molecule has 2 N–H and O–H groups in total. The summed E-state index contributed by atoms with van der Waals surface area (Å²) in [5.41, 5.74) is 5.20. The Morgan fingerprint density at radius 3 is 2.77 bits per heavy atom. The van der Waals surface area contributed by atoms with Crippen LogP contribution in [-0.4, -0.2) is 70.9 Å². The van der Waals surface area contributed by atoms with Crippen LogP contribution in [0.2, 0.25) is 0 Å². The molecule has 0 spiro atoms. The molecule has 4 aliphatic heterocycles. The number of aromatic hydroxyl groups is 1. The SMILES string of the molecule is C=C[C@H]1CN2CC[C@H]1C[C@@H]2[C@@H](O)c1ccnc2ccc(OC)cc12.CN1CC[C@@]23CCCC[C@@H]2[C@@H]1Cc1ccc(O)cc13. The fourth-order valence-electron chi connectivity index (χ4n) is 9.63. The van der Waals surface area contributed by atoms with E-state index in [4.69, 9.17) is 4.74 Å². The lowest BCUT2D eigenvalue weighted by Crippen LogP contribution is -2.59. The molecule has 6 heteroatoms. The van der Waals surface area contributed by atoms with Crippen molar-refractivity contribution in [2.24, 2.45) is 17.8 Å². The van der Waals surface area contributed by atoms with Crippen molar-refractivity contribution in [3.05, 3.63) is 78.0 Å². The highest BCUT2D eigenvalue weighted by Crippen LogP contribution is 2.56. The van der Waals surface area contributed by atoms with Crippen LogP contribution >= 0.6 is 0 Å². The quantitative estimate of drug-likeness (QED) is 0.355. The molecule has 2 aromatic carbocycles. The lowest BCUT2D eigenvalue weighted by Gasteiger charge is -2.58. The lowest BCUT2D eigenvalue weighted by molar-refractivity contribution is -0.0444. The highest BCUT2D eigenvalue weighted by Gasteiger charge is 2.53. The summed E-state index contributed by atoms with van der Waals surface area (Å²) in [6, 6.07) is 14.8. The first-order valence-corrected chi connectivity index (χ1v) is 16.4. The van der Waals surface area contributed by atoms with Gasteiger partial charge in [-0.15, -0.1) is 6.58 Å². The molecule has 0 amide bonds. The first-order valence-electron chi connectivity index (χ1n) is 16.4. The van der Waals surface area contributed by atoms with Gasteiger partial charge in [-0.3, -0.25) is 9.88 Å². The minimum Gasteiger partial charge on any atom is -0.508 e. The number of methoxy groups -OCH3 is 1. The Kier molecular flexibility index (Phi) is 7.73. The molecule has 2 aliphatic carbocycles. The third-order valence-corrected chi connectivity index (χ3v) is 11.9. The van der Waals surface area contributed by atoms with Gasteiger partial charge < -0.3 is 19.8 Å². The summed E-state index contributed by atoms with van der Waals surface area (Å²) < 4.78 is 5.35. The fourth-order valence-corrected chi connectivity index (χ4v) is 9.63. The van der Waals surface area contributed by atoms with Gasteiger partial charge in [-0.2, -0.15) is 0 Å². The molecule has 3 aromatic rings. The maximum absolute atomic E-state index is 11.2. The zero-order valence-electron chi connectivity index (χ0n) is 25.8. The number of nitrogens with zero attached hydrogens (tertiary/aromatic N) is 3. The smallest absolute Gasteiger partial charge is 0.119 e. The van der Waals surface area contributed by atoms with E-state index < -0.39 is 6.10 Å². The number of hydrogen-bond acceptors (Lipinski definition) is 6. The first kappa shape index (κ1) is 28.8. The van der Waals surface area contributed by atoms with E-state index >= 15 is 0 Å². The number of aliphatic hydroxyl groups is 1. The average molecular weight is 582 g/mol. The number of pyridine rings is 1. The monoisotopic (exact) mass is 581 g/mol. The van der Waals surface area contributed by atoms with Gasteiger partial charge in [0, 0.05) is 35.6 Å². The van der Waals surface area contributed by atoms with Gasteiger partial charge in [-0.05, 0) is 130 Å². The molecular weight excluding hydrogens is 534 g/mol. The number of fused-ring (bicyclic) bond motifs is 5. The Hall–Kier alpha value is -2.93. The number of hydrogen-bond donors (Lipinski definition) is 2. The predicted octanol–water partition coefficient (Wildman–Crippen LogP) is 6.25. The van der Waals surface area contributed by atoms with Crippen molar-refractivity contribution < 1.29 is 14.9 Å². The summed E-state index contributed by atoms with van der Waals surface area (Å²) in [6.45, 7) is 7.29. The van der Waals surface area contributed by atoms with Crippen molar-refractivity contribution in [1.29, 1.82) is 0 Å². The topological polar surface area (TPSA) is 69.1 Å². The molecule has 43 heavy (non-hydrogen) atoms. The van der Waals surface area contributed by atoms with Gasteiger partial charge in [0.2, 0.25) is 0 Å². The van der Waals surface area contributed by atoms with Gasteiger partial charge in [-0.25, -0.2) is 0 Å². The molecule has 5 fully saturated rings. The van der Waals surface area contributed by atoms with Crippen molar-refractivity contribution in [1.82, 2.24) is 14.8 Å². The Morgan fingerprint density at radius 2 is 1.98 bits per heavy atom. The number of rotatable bonds is 4. The lowest BCUT2D eigenvalue weighted by atomic mass is 9.52. The summed E-state index contributed by atoms with van der Waals surface area (Å²) in [7, 11) is 3.96. The third kappa shape index (κ3) is 4.96. The zero-order chi connectivity index (χ0) is 29.7. The predicted molar refractivity (Wildman–Crippen MR) is 172 cm³/mol. The number of aromatic nitrogens is 1. The van der Waals surface area contributed by atoms with E-state index in [1.165, 1.54) is 62.6 Å². The molecule has 9 rings (SSSR count). The van der Waals surface area contributed by atoms with Crippen LogP contribution in [0.3, 0.4) is 0 Å².